The molecule has 1 amide bonds. The van der Waals surface area contributed by atoms with E-state index in [2.05, 4.69) is 34.1 Å². The lowest BCUT2D eigenvalue weighted by Crippen LogP contribution is -2.52. The van der Waals surface area contributed by atoms with E-state index in [0.717, 1.165) is 30.7 Å². The number of piperidine rings is 1. The van der Waals surface area contributed by atoms with Gasteiger partial charge in [0.05, 0.1) is 6.42 Å². The molecule has 1 aromatic rings. The Balaban J connectivity index is 1.28. The summed E-state index contributed by atoms with van der Waals surface area (Å²) in [6, 6.07) is 9.65. The SMILES string of the molecule is O=C1Cc2ccccc2N1C1CCN(C2[C@@H]3CCC[C@H]2CC3)CC1. The number of hydrogen-bond donors (Lipinski definition) is 0. The van der Waals surface area contributed by atoms with Crippen LogP contribution in [0.2, 0.25) is 0 Å². The second-order valence-electron chi connectivity index (χ2n) is 8.36. The molecular formula is C21H28N2O. The highest BCUT2D eigenvalue weighted by Gasteiger charge is 2.44. The maximum Gasteiger partial charge on any atom is 0.231 e. The van der Waals surface area contributed by atoms with Crippen LogP contribution in [-0.4, -0.2) is 36.0 Å². The molecule has 0 radical (unpaired) electrons. The first-order chi connectivity index (χ1) is 11.8. The summed E-state index contributed by atoms with van der Waals surface area (Å²) in [4.78, 5) is 17.5. The number of nitrogens with zero attached hydrogens (tertiary/aromatic N) is 2. The van der Waals surface area contributed by atoms with E-state index in [0.29, 0.717) is 18.4 Å². The van der Waals surface area contributed by atoms with Crippen LogP contribution in [0, 0.1) is 11.8 Å². The average Bonchev–Trinajstić information content (AvgIpc) is 3.07. The summed E-state index contributed by atoms with van der Waals surface area (Å²) in [5.74, 6) is 2.25. The Hall–Kier alpha value is -1.35. The molecule has 3 fully saturated rings. The van der Waals surface area contributed by atoms with Gasteiger partial charge in [0, 0.05) is 30.9 Å². The van der Waals surface area contributed by atoms with Crippen LogP contribution in [0.1, 0.15) is 50.5 Å². The lowest BCUT2D eigenvalue weighted by atomic mass is 9.82. The zero-order valence-electron chi connectivity index (χ0n) is 14.5. The van der Waals surface area contributed by atoms with E-state index in [4.69, 9.17) is 0 Å². The molecule has 4 aliphatic rings. The third-order valence-corrected chi connectivity index (χ3v) is 7.17. The first-order valence-corrected chi connectivity index (χ1v) is 9.95. The van der Waals surface area contributed by atoms with Crippen LogP contribution in [0.5, 0.6) is 0 Å². The number of rotatable bonds is 2. The van der Waals surface area contributed by atoms with Crippen molar-refractivity contribution in [3.05, 3.63) is 29.8 Å². The van der Waals surface area contributed by atoms with Crippen LogP contribution in [0.15, 0.2) is 24.3 Å². The number of carbonyl (C=O) groups is 1. The van der Waals surface area contributed by atoms with E-state index < -0.39 is 0 Å². The van der Waals surface area contributed by atoms with Gasteiger partial charge in [0.15, 0.2) is 0 Å². The molecule has 2 aliphatic carbocycles. The molecule has 1 aromatic carbocycles. The van der Waals surface area contributed by atoms with E-state index in [1.54, 1.807) is 0 Å². The number of para-hydroxylation sites is 1. The van der Waals surface area contributed by atoms with Gasteiger partial charge in [-0.25, -0.2) is 0 Å². The Bertz CT molecular complexity index is 618. The minimum absolute atomic E-state index is 0.312. The van der Waals surface area contributed by atoms with E-state index in [-0.39, 0.29) is 0 Å². The van der Waals surface area contributed by atoms with Crippen molar-refractivity contribution in [1.29, 1.82) is 0 Å². The van der Waals surface area contributed by atoms with Gasteiger partial charge in [-0.2, -0.15) is 0 Å². The molecule has 24 heavy (non-hydrogen) atoms. The Morgan fingerprint density at radius 2 is 1.58 bits per heavy atom. The number of benzene rings is 1. The van der Waals surface area contributed by atoms with Crippen molar-refractivity contribution in [3.8, 4) is 0 Å². The summed E-state index contributed by atoms with van der Waals surface area (Å²) >= 11 is 0. The van der Waals surface area contributed by atoms with Gasteiger partial charge in [-0.15, -0.1) is 0 Å². The van der Waals surface area contributed by atoms with Crippen molar-refractivity contribution in [2.75, 3.05) is 18.0 Å². The second kappa shape index (κ2) is 5.87. The van der Waals surface area contributed by atoms with Gasteiger partial charge in [-0.1, -0.05) is 24.6 Å². The number of amides is 1. The molecule has 0 spiro atoms. The van der Waals surface area contributed by atoms with Crippen molar-refractivity contribution in [3.63, 3.8) is 0 Å². The zero-order valence-corrected chi connectivity index (χ0v) is 14.5. The fraction of sp³-hybridized carbons (Fsp3) is 0.667. The number of fused-ring (bicyclic) bond motifs is 3. The van der Waals surface area contributed by atoms with Gasteiger partial charge in [-0.3, -0.25) is 9.69 Å². The summed E-state index contributed by atoms with van der Waals surface area (Å²) in [6.45, 7) is 2.38. The summed E-state index contributed by atoms with van der Waals surface area (Å²) < 4.78 is 0. The predicted octanol–water partition coefficient (Wildman–Crippen LogP) is 3.62. The Kier molecular flexibility index (Phi) is 3.66. The predicted molar refractivity (Wildman–Crippen MR) is 96.1 cm³/mol. The van der Waals surface area contributed by atoms with Crippen molar-refractivity contribution in [2.45, 2.75) is 63.5 Å². The quantitative estimate of drug-likeness (QED) is 0.829. The molecule has 3 atom stereocenters. The Morgan fingerprint density at radius 1 is 0.875 bits per heavy atom. The molecule has 3 nitrogen and oxygen atoms in total. The molecule has 2 saturated carbocycles. The molecule has 0 aromatic heterocycles. The third-order valence-electron chi connectivity index (χ3n) is 7.17. The molecule has 3 heteroatoms. The van der Waals surface area contributed by atoms with Gasteiger partial charge < -0.3 is 4.90 Å². The van der Waals surface area contributed by atoms with Gasteiger partial charge in [0.2, 0.25) is 5.91 Å². The minimum atomic E-state index is 0.312. The zero-order chi connectivity index (χ0) is 16.1. The summed E-state index contributed by atoms with van der Waals surface area (Å²) in [5, 5.41) is 0. The lowest BCUT2D eigenvalue weighted by molar-refractivity contribution is -0.118. The van der Waals surface area contributed by atoms with Crippen molar-refractivity contribution in [2.24, 2.45) is 11.8 Å². The summed E-state index contributed by atoms with van der Waals surface area (Å²) in [7, 11) is 0. The lowest BCUT2D eigenvalue weighted by Gasteiger charge is -2.44. The molecular weight excluding hydrogens is 296 g/mol. The maximum absolute atomic E-state index is 12.5. The number of anilines is 1. The van der Waals surface area contributed by atoms with Crippen LogP contribution in [0.3, 0.4) is 0 Å². The first kappa shape index (κ1) is 14.9. The van der Waals surface area contributed by atoms with Crippen molar-refractivity contribution >= 4 is 11.6 Å². The van der Waals surface area contributed by atoms with Crippen LogP contribution >= 0.6 is 0 Å². The molecule has 1 unspecified atom stereocenters. The molecule has 5 rings (SSSR count). The van der Waals surface area contributed by atoms with Crippen LogP contribution in [-0.2, 0) is 11.2 Å². The molecule has 128 valence electrons. The standard InChI is InChI=1S/C21H28N2O/c24-20-14-17-4-1-2-7-19(17)23(20)18-10-12-22(13-11-18)21-15-5-3-6-16(21)9-8-15/h1-2,4,7,15-16,18,21H,3,5-6,8-14H2/t15-,16+,21?. The molecule has 2 heterocycles. The van der Waals surface area contributed by atoms with E-state index >= 15 is 0 Å². The fourth-order valence-electron chi connectivity index (χ4n) is 6.14. The van der Waals surface area contributed by atoms with Gasteiger partial charge in [-0.05, 0) is 62.0 Å². The van der Waals surface area contributed by atoms with Crippen molar-refractivity contribution in [1.82, 2.24) is 4.90 Å². The van der Waals surface area contributed by atoms with E-state index in [1.807, 2.05) is 0 Å². The molecule has 2 bridgehead atoms. The van der Waals surface area contributed by atoms with Crippen molar-refractivity contribution < 1.29 is 4.79 Å². The van der Waals surface area contributed by atoms with Crippen LogP contribution in [0.4, 0.5) is 5.69 Å². The molecule has 1 saturated heterocycles. The highest BCUT2D eigenvalue weighted by atomic mass is 16.2. The first-order valence-electron chi connectivity index (χ1n) is 9.95. The molecule has 2 aliphatic heterocycles. The normalized spacial score (nSPS) is 33.9. The summed E-state index contributed by atoms with van der Waals surface area (Å²) in [6.07, 6.45) is 10.2. The van der Waals surface area contributed by atoms with Gasteiger partial charge in [0.1, 0.15) is 0 Å². The van der Waals surface area contributed by atoms with E-state index in [9.17, 15) is 4.79 Å². The smallest absolute Gasteiger partial charge is 0.231 e. The third kappa shape index (κ3) is 2.32. The second-order valence-corrected chi connectivity index (χ2v) is 8.36. The average molecular weight is 324 g/mol. The Labute approximate surface area is 145 Å². The largest absolute Gasteiger partial charge is 0.309 e. The summed E-state index contributed by atoms with van der Waals surface area (Å²) in [5.41, 5.74) is 2.40. The highest BCUT2D eigenvalue weighted by Crippen LogP contribution is 2.45. The van der Waals surface area contributed by atoms with Crippen LogP contribution in [0.25, 0.3) is 0 Å². The highest BCUT2D eigenvalue weighted by molar-refractivity contribution is 6.01. The van der Waals surface area contributed by atoms with Gasteiger partial charge >= 0.3 is 0 Å². The minimum Gasteiger partial charge on any atom is -0.309 e. The monoisotopic (exact) mass is 324 g/mol. The number of hydrogen-bond acceptors (Lipinski definition) is 2. The fourth-order valence-corrected chi connectivity index (χ4v) is 6.14. The number of carbonyl (C=O) groups excluding carboxylic acids is 1. The van der Waals surface area contributed by atoms with E-state index in [1.165, 1.54) is 56.4 Å². The molecule has 0 N–H and O–H groups in total. The number of likely N-dealkylation sites (tertiary alicyclic amines) is 1. The Morgan fingerprint density at radius 3 is 2.33 bits per heavy atom. The maximum atomic E-state index is 12.5. The van der Waals surface area contributed by atoms with Gasteiger partial charge in [0.25, 0.3) is 0 Å². The van der Waals surface area contributed by atoms with Crippen LogP contribution < -0.4 is 4.90 Å². The topological polar surface area (TPSA) is 23.6 Å².